The molecular formula is C17H24N2O4. The van der Waals surface area contributed by atoms with E-state index in [1.807, 2.05) is 13.8 Å². The van der Waals surface area contributed by atoms with Crippen molar-refractivity contribution < 1.29 is 18.7 Å². The largest absolute Gasteiger partial charge is 0.454 e. The van der Waals surface area contributed by atoms with Crippen LogP contribution in [0.15, 0.2) is 10.5 Å². The predicted octanol–water partition coefficient (Wildman–Crippen LogP) is 1.85. The van der Waals surface area contributed by atoms with E-state index in [2.05, 4.69) is 10.6 Å². The first-order chi connectivity index (χ1) is 10.9. The summed E-state index contributed by atoms with van der Waals surface area (Å²) in [6, 6.07) is 1.73. The van der Waals surface area contributed by atoms with Gasteiger partial charge in [-0.2, -0.15) is 0 Å². The number of amides is 2. The van der Waals surface area contributed by atoms with Gasteiger partial charge in [0.25, 0.3) is 11.8 Å². The van der Waals surface area contributed by atoms with Crippen LogP contribution in [0.5, 0.6) is 0 Å². The minimum Gasteiger partial charge on any atom is -0.454 e. The van der Waals surface area contributed by atoms with E-state index in [0.717, 1.165) is 25.9 Å². The van der Waals surface area contributed by atoms with Crippen LogP contribution in [0.4, 0.5) is 0 Å². The molecule has 0 aromatic carbocycles. The molecule has 1 fully saturated rings. The third-order valence-corrected chi connectivity index (χ3v) is 4.82. The van der Waals surface area contributed by atoms with Gasteiger partial charge in [0.05, 0.1) is 5.56 Å². The minimum absolute atomic E-state index is 0.161. The third-order valence-electron chi connectivity index (χ3n) is 4.82. The summed E-state index contributed by atoms with van der Waals surface area (Å²) in [7, 11) is 1.69. The van der Waals surface area contributed by atoms with Gasteiger partial charge in [0.1, 0.15) is 5.76 Å². The van der Waals surface area contributed by atoms with Crippen molar-refractivity contribution in [3.63, 3.8) is 0 Å². The van der Waals surface area contributed by atoms with E-state index in [1.165, 1.54) is 0 Å². The van der Waals surface area contributed by atoms with Gasteiger partial charge in [0.15, 0.2) is 5.76 Å². The van der Waals surface area contributed by atoms with Gasteiger partial charge in [0, 0.05) is 37.8 Å². The van der Waals surface area contributed by atoms with E-state index in [4.69, 9.17) is 9.15 Å². The Kier molecular flexibility index (Phi) is 4.19. The zero-order valence-corrected chi connectivity index (χ0v) is 13.9. The van der Waals surface area contributed by atoms with E-state index >= 15 is 0 Å². The Morgan fingerprint density at radius 1 is 1.48 bits per heavy atom. The highest BCUT2D eigenvalue weighted by Gasteiger charge is 2.36. The number of methoxy groups -OCH3 is 1. The molecule has 1 aromatic rings. The minimum atomic E-state index is -0.271. The molecule has 1 aromatic heterocycles. The van der Waals surface area contributed by atoms with Crippen LogP contribution in [-0.4, -0.2) is 38.1 Å². The molecule has 1 saturated carbocycles. The lowest BCUT2D eigenvalue weighted by Gasteiger charge is -2.35. The summed E-state index contributed by atoms with van der Waals surface area (Å²) < 4.78 is 10.9. The van der Waals surface area contributed by atoms with Gasteiger partial charge in [-0.05, 0) is 25.2 Å². The Bertz CT molecular complexity index is 614. The van der Waals surface area contributed by atoms with E-state index < -0.39 is 0 Å². The molecule has 1 aliphatic heterocycles. The monoisotopic (exact) mass is 320 g/mol. The van der Waals surface area contributed by atoms with Crippen LogP contribution in [0.3, 0.4) is 0 Å². The standard InChI is InChI=1S/C17H24N2O4/c1-17(2)4-5-18-15(20)12-8-13(23-14(12)17)16(21)19-11-6-10(7-11)9-22-3/h8,10-11H,4-7,9H2,1-3H3,(H,18,20)(H,19,21). The SMILES string of the molecule is COCC1CC(NC(=O)c2cc3c(o2)C(C)(C)CCNC3=O)C1. The van der Waals surface area contributed by atoms with E-state index in [0.29, 0.717) is 23.8 Å². The number of ether oxygens (including phenoxy) is 1. The van der Waals surface area contributed by atoms with Crippen LogP contribution >= 0.6 is 0 Å². The number of carbonyl (C=O) groups is 2. The number of carbonyl (C=O) groups excluding carboxylic acids is 2. The fourth-order valence-electron chi connectivity index (χ4n) is 3.35. The van der Waals surface area contributed by atoms with Gasteiger partial charge < -0.3 is 19.8 Å². The Hall–Kier alpha value is -1.82. The molecule has 0 saturated heterocycles. The van der Waals surface area contributed by atoms with E-state index in [9.17, 15) is 9.59 Å². The lowest BCUT2D eigenvalue weighted by atomic mass is 9.81. The molecule has 0 bridgehead atoms. The van der Waals surface area contributed by atoms with Gasteiger partial charge in [-0.3, -0.25) is 9.59 Å². The number of furan rings is 1. The smallest absolute Gasteiger partial charge is 0.287 e. The van der Waals surface area contributed by atoms with Gasteiger partial charge in [-0.15, -0.1) is 0 Å². The number of rotatable bonds is 4. The van der Waals surface area contributed by atoms with E-state index in [-0.39, 0.29) is 29.0 Å². The van der Waals surface area contributed by atoms with Crippen molar-refractivity contribution >= 4 is 11.8 Å². The lowest BCUT2D eigenvalue weighted by molar-refractivity contribution is 0.0717. The average Bonchev–Trinajstić information content (AvgIpc) is 2.87. The molecule has 126 valence electrons. The molecule has 2 heterocycles. The summed E-state index contributed by atoms with van der Waals surface area (Å²) in [5.74, 6) is 0.918. The average molecular weight is 320 g/mol. The maximum Gasteiger partial charge on any atom is 0.287 e. The Balaban J connectivity index is 1.71. The molecule has 2 N–H and O–H groups in total. The van der Waals surface area contributed by atoms with Crippen molar-refractivity contribution in [3.05, 3.63) is 23.2 Å². The molecule has 1 aliphatic carbocycles. The Morgan fingerprint density at radius 2 is 2.22 bits per heavy atom. The van der Waals surface area contributed by atoms with Crippen LogP contribution < -0.4 is 10.6 Å². The molecule has 0 unspecified atom stereocenters. The van der Waals surface area contributed by atoms with Gasteiger partial charge >= 0.3 is 0 Å². The van der Waals surface area contributed by atoms with Gasteiger partial charge in [0.2, 0.25) is 0 Å². The highest BCUT2D eigenvalue weighted by Crippen LogP contribution is 2.34. The fourth-order valence-corrected chi connectivity index (χ4v) is 3.35. The Labute approximate surface area is 135 Å². The quantitative estimate of drug-likeness (QED) is 0.887. The van der Waals surface area contributed by atoms with Crippen LogP contribution in [0.1, 0.15) is 59.8 Å². The zero-order chi connectivity index (χ0) is 16.6. The molecule has 2 amide bonds. The summed E-state index contributed by atoms with van der Waals surface area (Å²) in [5, 5.41) is 5.82. The van der Waals surface area contributed by atoms with Crippen molar-refractivity contribution in [1.29, 1.82) is 0 Å². The topological polar surface area (TPSA) is 80.6 Å². The summed E-state index contributed by atoms with van der Waals surface area (Å²) in [6.07, 6.45) is 2.62. The molecule has 6 heteroatoms. The maximum atomic E-state index is 12.4. The van der Waals surface area contributed by atoms with E-state index in [1.54, 1.807) is 13.2 Å². The van der Waals surface area contributed by atoms with Crippen molar-refractivity contribution in [2.75, 3.05) is 20.3 Å². The first-order valence-corrected chi connectivity index (χ1v) is 8.13. The van der Waals surface area contributed by atoms with Crippen molar-refractivity contribution in [2.24, 2.45) is 5.92 Å². The fraction of sp³-hybridized carbons (Fsp3) is 0.647. The molecule has 0 atom stereocenters. The second-order valence-electron chi connectivity index (χ2n) is 7.21. The van der Waals surface area contributed by atoms with Crippen molar-refractivity contribution in [2.45, 2.75) is 44.6 Å². The second kappa shape index (κ2) is 6.00. The summed E-state index contributed by atoms with van der Waals surface area (Å²) in [6.45, 7) is 5.40. The van der Waals surface area contributed by atoms with Crippen molar-refractivity contribution in [1.82, 2.24) is 10.6 Å². The summed E-state index contributed by atoms with van der Waals surface area (Å²) in [4.78, 5) is 24.5. The summed E-state index contributed by atoms with van der Waals surface area (Å²) in [5.41, 5.74) is 0.205. The highest BCUT2D eigenvalue weighted by atomic mass is 16.5. The van der Waals surface area contributed by atoms with Gasteiger partial charge in [-0.1, -0.05) is 13.8 Å². The third kappa shape index (κ3) is 3.13. The number of hydrogen-bond acceptors (Lipinski definition) is 4. The molecule has 23 heavy (non-hydrogen) atoms. The van der Waals surface area contributed by atoms with Crippen LogP contribution in [0.2, 0.25) is 0 Å². The van der Waals surface area contributed by atoms with Crippen LogP contribution in [0.25, 0.3) is 0 Å². The maximum absolute atomic E-state index is 12.4. The summed E-state index contributed by atoms with van der Waals surface area (Å²) >= 11 is 0. The molecule has 6 nitrogen and oxygen atoms in total. The molecule has 3 rings (SSSR count). The van der Waals surface area contributed by atoms with Crippen LogP contribution in [-0.2, 0) is 10.2 Å². The lowest BCUT2D eigenvalue weighted by Crippen LogP contribution is -2.45. The molecular weight excluding hydrogens is 296 g/mol. The van der Waals surface area contributed by atoms with Gasteiger partial charge in [-0.25, -0.2) is 0 Å². The number of hydrogen-bond donors (Lipinski definition) is 2. The molecule has 2 aliphatic rings. The van der Waals surface area contributed by atoms with Crippen molar-refractivity contribution in [3.8, 4) is 0 Å². The van der Waals surface area contributed by atoms with Crippen LogP contribution in [0, 0.1) is 5.92 Å². The second-order valence-corrected chi connectivity index (χ2v) is 7.21. The molecule has 0 spiro atoms. The molecule has 0 radical (unpaired) electrons. The predicted molar refractivity (Wildman–Crippen MR) is 84.5 cm³/mol. The number of nitrogens with one attached hydrogen (secondary N) is 2. The zero-order valence-electron chi connectivity index (χ0n) is 13.9. The first-order valence-electron chi connectivity index (χ1n) is 8.13. The normalized spacial score (nSPS) is 25.8. The first kappa shape index (κ1) is 16.1. The highest BCUT2D eigenvalue weighted by molar-refractivity contribution is 6.00. The Morgan fingerprint density at radius 3 is 2.91 bits per heavy atom. The number of fused-ring (bicyclic) bond motifs is 1.